The van der Waals surface area contributed by atoms with Crippen LogP contribution in [-0.4, -0.2) is 16.1 Å². The first-order chi connectivity index (χ1) is 17.1. The van der Waals surface area contributed by atoms with Gasteiger partial charge in [0.25, 0.3) is 5.91 Å². The number of amides is 1. The van der Waals surface area contributed by atoms with Gasteiger partial charge in [-0.1, -0.05) is 95.4 Å². The molecule has 0 spiro atoms. The van der Waals surface area contributed by atoms with Crippen molar-refractivity contribution in [1.29, 1.82) is 0 Å². The van der Waals surface area contributed by atoms with Gasteiger partial charge in [-0.2, -0.15) is 0 Å². The van der Waals surface area contributed by atoms with E-state index in [2.05, 4.69) is 22.3 Å². The average molecular weight is 498 g/mol. The molecule has 1 unspecified atom stereocenters. The van der Waals surface area contributed by atoms with Crippen LogP contribution in [0.25, 0.3) is 11.0 Å². The molecule has 1 aliphatic heterocycles. The summed E-state index contributed by atoms with van der Waals surface area (Å²) in [7, 11) is 0. The van der Waals surface area contributed by atoms with Crippen molar-refractivity contribution in [3.63, 3.8) is 0 Å². The second-order valence-electron chi connectivity index (χ2n) is 8.28. The molecule has 0 saturated heterocycles. The Kier molecular flexibility index (Phi) is 5.47. The van der Waals surface area contributed by atoms with E-state index in [0.717, 1.165) is 21.2 Å². The van der Waals surface area contributed by atoms with Crippen LogP contribution in [0.4, 0.5) is 5.13 Å². The smallest absolute Gasteiger partial charge is 0.297 e. The highest BCUT2D eigenvalue weighted by Gasteiger charge is 2.45. The van der Waals surface area contributed by atoms with E-state index in [1.54, 1.807) is 40.9 Å². The van der Waals surface area contributed by atoms with E-state index in [0.29, 0.717) is 21.7 Å². The Morgan fingerprint density at radius 1 is 0.943 bits per heavy atom. The summed E-state index contributed by atoms with van der Waals surface area (Å²) in [5.74, 6) is 0.424. The lowest BCUT2D eigenvalue weighted by atomic mass is 9.98. The Hall–Kier alpha value is -3.75. The highest BCUT2D eigenvalue weighted by Crippen LogP contribution is 2.43. The van der Waals surface area contributed by atoms with Crippen molar-refractivity contribution in [2.75, 3.05) is 4.90 Å². The minimum absolute atomic E-state index is 0.0629. The molecule has 0 radical (unpaired) electrons. The van der Waals surface area contributed by atoms with Gasteiger partial charge >= 0.3 is 0 Å². The maximum Gasteiger partial charge on any atom is 0.297 e. The Labute approximate surface area is 209 Å². The van der Waals surface area contributed by atoms with Crippen LogP contribution in [0.1, 0.15) is 38.9 Å². The van der Waals surface area contributed by atoms with Crippen molar-refractivity contribution in [2.45, 2.75) is 23.1 Å². The van der Waals surface area contributed by atoms with Crippen molar-refractivity contribution >= 4 is 45.1 Å². The Morgan fingerprint density at radius 3 is 2.49 bits per heavy atom. The fraction of sp³-hybridized carbons (Fsp3) is 0.111. The molecule has 1 aliphatic rings. The van der Waals surface area contributed by atoms with Crippen molar-refractivity contribution in [3.05, 3.63) is 117 Å². The first kappa shape index (κ1) is 21.8. The average Bonchev–Trinajstić information content (AvgIpc) is 3.47. The van der Waals surface area contributed by atoms with Gasteiger partial charge in [0.15, 0.2) is 9.77 Å². The number of para-hydroxylation sites is 1. The molecule has 1 amide bonds. The molecule has 2 aromatic heterocycles. The number of thioether (sulfide) groups is 1. The van der Waals surface area contributed by atoms with E-state index >= 15 is 0 Å². The normalized spacial score (nSPS) is 15.1. The summed E-state index contributed by atoms with van der Waals surface area (Å²) in [5.41, 5.74) is 3.62. The van der Waals surface area contributed by atoms with Gasteiger partial charge in [-0.05, 0) is 30.2 Å². The molecule has 6 nitrogen and oxygen atoms in total. The molecule has 172 valence electrons. The Bertz CT molecular complexity index is 1610. The second kappa shape index (κ2) is 8.79. The minimum Gasteiger partial charge on any atom is -0.450 e. The van der Waals surface area contributed by atoms with Gasteiger partial charge in [-0.15, -0.1) is 10.2 Å². The molecule has 0 N–H and O–H groups in total. The number of anilines is 1. The number of fused-ring (bicyclic) bond motifs is 2. The van der Waals surface area contributed by atoms with Crippen LogP contribution in [0.2, 0.25) is 0 Å². The fourth-order valence-electron chi connectivity index (χ4n) is 4.26. The van der Waals surface area contributed by atoms with Crippen molar-refractivity contribution < 1.29 is 9.21 Å². The van der Waals surface area contributed by atoms with Crippen LogP contribution in [0, 0.1) is 6.92 Å². The van der Waals surface area contributed by atoms with Gasteiger partial charge < -0.3 is 4.42 Å². The summed E-state index contributed by atoms with van der Waals surface area (Å²) in [6, 6.07) is 24.3. The lowest BCUT2D eigenvalue weighted by molar-refractivity contribution is 0.0970. The third-order valence-corrected chi connectivity index (χ3v) is 8.10. The van der Waals surface area contributed by atoms with Crippen molar-refractivity contribution in [1.82, 2.24) is 10.2 Å². The minimum atomic E-state index is -0.640. The summed E-state index contributed by atoms with van der Waals surface area (Å²) in [6.45, 7) is 2.00. The summed E-state index contributed by atoms with van der Waals surface area (Å²) in [5, 5.41) is 9.56. The summed E-state index contributed by atoms with van der Waals surface area (Å²) >= 11 is 2.90. The molecule has 5 aromatic rings. The molecule has 8 heteroatoms. The van der Waals surface area contributed by atoms with Crippen LogP contribution >= 0.6 is 23.1 Å². The molecule has 1 atom stereocenters. The molecule has 0 saturated carbocycles. The Morgan fingerprint density at radius 2 is 1.69 bits per heavy atom. The number of carbonyl (C=O) groups excluding carboxylic acids is 1. The third-order valence-electron chi connectivity index (χ3n) is 5.98. The van der Waals surface area contributed by atoms with E-state index in [1.807, 2.05) is 49.4 Å². The SMILES string of the molecule is Cc1ccc(C2c3c(oc4ccccc4c3=O)C(=O)N2c2nnc(SCc3ccccc3)s2)cc1. The van der Waals surface area contributed by atoms with Gasteiger partial charge in [-0.25, -0.2) is 0 Å². The van der Waals surface area contributed by atoms with E-state index in [9.17, 15) is 9.59 Å². The number of nitrogens with zero attached hydrogens (tertiary/aromatic N) is 3. The molecule has 0 aliphatic carbocycles. The van der Waals surface area contributed by atoms with Gasteiger partial charge in [-0.3, -0.25) is 14.5 Å². The van der Waals surface area contributed by atoms with Crippen molar-refractivity contribution in [3.8, 4) is 0 Å². The number of aryl methyl sites for hydroxylation is 1. The van der Waals surface area contributed by atoms with E-state index in [-0.39, 0.29) is 17.1 Å². The number of hydrogen-bond donors (Lipinski definition) is 0. The molecule has 0 fully saturated rings. The van der Waals surface area contributed by atoms with E-state index < -0.39 is 6.04 Å². The number of benzene rings is 3. The van der Waals surface area contributed by atoms with Gasteiger partial charge in [0.05, 0.1) is 17.0 Å². The van der Waals surface area contributed by atoms with Gasteiger partial charge in [0, 0.05) is 5.75 Å². The zero-order chi connectivity index (χ0) is 23.9. The monoisotopic (exact) mass is 497 g/mol. The fourth-order valence-corrected chi connectivity index (χ4v) is 6.08. The van der Waals surface area contributed by atoms with Crippen LogP contribution in [0.15, 0.2) is 92.4 Å². The van der Waals surface area contributed by atoms with Crippen LogP contribution < -0.4 is 10.3 Å². The number of rotatable bonds is 5. The van der Waals surface area contributed by atoms with Crippen LogP contribution in [-0.2, 0) is 5.75 Å². The molecule has 6 rings (SSSR count). The maximum absolute atomic E-state index is 13.7. The Balaban J connectivity index is 1.44. The highest BCUT2D eigenvalue weighted by molar-refractivity contribution is 8.00. The lowest BCUT2D eigenvalue weighted by Gasteiger charge is -2.22. The van der Waals surface area contributed by atoms with E-state index in [1.165, 1.54) is 16.9 Å². The molecule has 35 heavy (non-hydrogen) atoms. The number of carbonyl (C=O) groups is 1. The standard InChI is InChI=1S/C27H19N3O3S2/c1-16-11-13-18(14-12-16)22-21-23(31)19-9-5-6-10-20(19)33-24(21)25(32)30(22)26-28-29-27(35-26)34-15-17-7-3-2-4-8-17/h2-14,22H,15H2,1H3. The first-order valence-corrected chi connectivity index (χ1v) is 12.9. The largest absolute Gasteiger partial charge is 0.450 e. The topological polar surface area (TPSA) is 76.3 Å². The van der Waals surface area contributed by atoms with Gasteiger partial charge in [0.1, 0.15) is 5.58 Å². The molecular formula is C27H19N3O3S2. The first-order valence-electron chi connectivity index (χ1n) is 11.1. The third kappa shape index (κ3) is 3.84. The highest BCUT2D eigenvalue weighted by atomic mass is 32.2. The van der Waals surface area contributed by atoms with Crippen LogP contribution in [0.5, 0.6) is 0 Å². The molecule has 3 heterocycles. The van der Waals surface area contributed by atoms with Gasteiger partial charge in [0.2, 0.25) is 10.9 Å². The summed E-state index contributed by atoms with van der Waals surface area (Å²) in [4.78, 5) is 28.8. The zero-order valence-electron chi connectivity index (χ0n) is 18.7. The second-order valence-corrected chi connectivity index (χ2v) is 10.5. The molecule has 0 bridgehead atoms. The van der Waals surface area contributed by atoms with E-state index in [4.69, 9.17) is 4.42 Å². The van der Waals surface area contributed by atoms with Crippen molar-refractivity contribution in [2.24, 2.45) is 0 Å². The predicted octanol–water partition coefficient (Wildman–Crippen LogP) is 6.00. The molecular weight excluding hydrogens is 478 g/mol. The predicted molar refractivity (Wildman–Crippen MR) is 138 cm³/mol. The summed E-state index contributed by atoms with van der Waals surface area (Å²) < 4.78 is 6.75. The quantitative estimate of drug-likeness (QED) is 0.219. The maximum atomic E-state index is 13.7. The zero-order valence-corrected chi connectivity index (χ0v) is 20.3. The number of hydrogen-bond acceptors (Lipinski definition) is 7. The molecule has 3 aromatic carbocycles. The summed E-state index contributed by atoms with van der Waals surface area (Å²) in [6.07, 6.45) is 0. The lowest BCUT2D eigenvalue weighted by Crippen LogP contribution is -2.29. The van der Waals surface area contributed by atoms with Crippen LogP contribution in [0.3, 0.4) is 0 Å². The number of aromatic nitrogens is 2.